The summed E-state index contributed by atoms with van der Waals surface area (Å²) in [5.74, 6) is -1.05. The van der Waals surface area contributed by atoms with Crippen LogP contribution in [0, 0.1) is 6.92 Å². The van der Waals surface area contributed by atoms with Gasteiger partial charge in [0.15, 0.2) is 6.61 Å². The summed E-state index contributed by atoms with van der Waals surface area (Å²) in [5, 5.41) is 5.25. The van der Waals surface area contributed by atoms with E-state index in [9.17, 15) is 22.8 Å². The third-order valence-corrected chi connectivity index (χ3v) is 4.50. The summed E-state index contributed by atoms with van der Waals surface area (Å²) in [4.78, 5) is 35.4. The maximum Gasteiger partial charge on any atom is 0.343 e. The van der Waals surface area contributed by atoms with Crippen LogP contribution < -0.4 is 20.1 Å². The Bertz CT molecular complexity index is 1110. The molecule has 2 aromatic rings. The number of esters is 1. The van der Waals surface area contributed by atoms with Gasteiger partial charge in [-0.1, -0.05) is 0 Å². The Morgan fingerprint density at radius 1 is 1.00 bits per heavy atom. The predicted molar refractivity (Wildman–Crippen MR) is 116 cm³/mol. The lowest BCUT2D eigenvalue weighted by Gasteiger charge is -2.15. The van der Waals surface area contributed by atoms with Crippen molar-refractivity contribution in [2.24, 2.45) is 0 Å². The quantitative estimate of drug-likeness (QED) is 0.525. The van der Waals surface area contributed by atoms with Crippen LogP contribution >= 0.6 is 0 Å². The Labute approximate surface area is 180 Å². The standard InChI is InChI=1S/C20H23N3O7S/c1-12-9-15(30-11-19(25)29-3)6-8-17(12)22-20(26)16-10-14(21-13(2)24)5-7-18(16)23-31(4,27)28/h5-10,23H,11H2,1-4H3,(H,21,24)(H,22,26). The number of benzene rings is 2. The van der Waals surface area contributed by atoms with Crippen LogP contribution in [0.25, 0.3) is 0 Å². The zero-order valence-corrected chi connectivity index (χ0v) is 18.3. The van der Waals surface area contributed by atoms with E-state index in [1.807, 2.05) is 0 Å². The fourth-order valence-corrected chi connectivity index (χ4v) is 3.14. The summed E-state index contributed by atoms with van der Waals surface area (Å²) in [5.41, 5.74) is 1.50. The molecule has 31 heavy (non-hydrogen) atoms. The van der Waals surface area contributed by atoms with Gasteiger partial charge < -0.3 is 20.1 Å². The van der Waals surface area contributed by atoms with E-state index >= 15 is 0 Å². The highest BCUT2D eigenvalue weighted by atomic mass is 32.2. The van der Waals surface area contributed by atoms with Crippen LogP contribution in [0.1, 0.15) is 22.8 Å². The highest BCUT2D eigenvalue weighted by Crippen LogP contribution is 2.26. The molecule has 0 heterocycles. The molecule has 0 atom stereocenters. The molecule has 0 spiro atoms. The minimum Gasteiger partial charge on any atom is -0.482 e. The van der Waals surface area contributed by atoms with Crippen molar-refractivity contribution in [1.82, 2.24) is 0 Å². The molecule has 0 fully saturated rings. The number of methoxy groups -OCH3 is 1. The second-order valence-electron chi connectivity index (χ2n) is 6.61. The highest BCUT2D eigenvalue weighted by Gasteiger charge is 2.17. The molecule has 3 N–H and O–H groups in total. The molecule has 166 valence electrons. The number of carbonyl (C=O) groups excluding carboxylic acids is 3. The van der Waals surface area contributed by atoms with Gasteiger partial charge in [-0.15, -0.1) is 0 Å². The first kappa shape index (κ1) is 23.7. The van der Waals surface area contributed by atoms with Crippen LogP contribution in [0.3, 0.4) is 0 Å². The molecule has 0 aliphatic carbocycles. The molecule has 2 aromatic carbocycles. The summed E-state index contributed by atoms with van der Waals surface area (Å²) in [6.45, 7) is 2.79. The molecular weight excluding hydrogens is 426 g/mol. The van der Waals surface area contributed by atoms with Gasteiger partial charge in [0.2, 0.25) is 15.9 Å². The third kappa shape index (κ3) is 7.30. The Morgan fingerprint density at radius 3 is 2.26 bits per heavy atom. The van der Waals surface area contributed by atoms with Gasteiger partial charge >= 0.3 is 5.97 Å². The topological polar surface area (TPSA) is 140 Å². The van der Waals surface area contributed by atoms with Crippen molar-refractivity contribution in [3.05, 3.63) is 47.5 Å². The van der Waals surface area contributed by atoms with E-state index in [1.54, 1.807) is 25.1 Å². The largest absolute Gasteiger partial charge is 0.482 e. The Morgan fingerprint density at radius 2 is 1.68 bits per heavy atom. The molecule has 0 aliphatic rings. The van der Waals surface area contributed by atoms with Crippen molar-refractivity contribution in [2.75, 3.05) is 35.3 Å². The van der Waals surface area contributed by atoms with Crippen LogP contribution in [0.4, 0.5) is 17.1 Å². The van der Waals surface area contributed by atoms with Crippen LogP contribution in [-0.4, -0.2) is 46.2 Å². The monoisotopic (exact) mass is 449 g/mol. The minimum absolute atomic E-state index is 0.0158. The number of hydrogen-bond acceptors (Lipinski definition) is 7. The average Bonchev–Trinajstić information content (AvgIpc) is 2.67. The second kappa shape index (κ2) is 9.94. The minimum atomic E-state index is -3.64. The SMILES string of the molecule is COC(=O)COc1ccc(NC(=O)c2cc(NC(C)=O)ccc2NS(C)(=O)=O)c(C)c1. The first-order chi connectivity index (χ1) is 14.5. The molecule has 2 amide bonds. The van der Waals surface area contributed by atoms with Gasteiger partial charge in [0, 0.05) is 18.3 Å². The second-order valence-corrected chi connectivity index (χ2v) is 8.36. The number of amides is 2. The molecule has 0 saturated heterocycles. The molecule has 0 unspecified atom stereocenters. The summed E-state index contributed by atoms with van der Waals surface area (Å²) >= 11 is 0. The van der Waals surface area contributed by atoms with Crippen LogP contribution in [0.15, 0.2) is 36.4 Å². The van der Waals surface area contributed by atoms with Gasteiger partial charge in [0.1, 0.15) is 5.75 Å². The van der Waals surface area contributed by atoms with Gasteiger partial charge in [0.25, 0.3) is 5.91 Å². The average molecular weight is 449 g/mol. The van der Waals surface area contributed by atoms with Gasteiger partial charge in [-0.3, -0.25) is 14.3 Å². The van der Waals surface area contributed by atoms with E-state index in [1.165, 1.54) is 32.2 Å². The molecular formula is C20H23N3O7S. The van der Waals surface area contributed by atoms with Crippen LogP contribution in [0.2, 0.25) is 0 Å². The normalized spacial score (nSPS) is 10.7. The maximum atomic E-state index is 12.9. The number of hydrogen-bond donors (Lipinski definition) is 3. The molecule has 0 aliphatic heterocycles. The van der Waals surface area contributed by atoms with Crippen LogP contribution in [0.5, 0.6) is 5.75 Å². The molecule has 2 rings (SSSR count). The van der Waals surface area contributed by atoms with Crippen LogP contribution in [-0.2, 0) is 24.3 Å². The molecule has 0 radical (unpaired) electrons. The number of nitrogens with one attached hydrogen (secondary N) is 3. The van der Waals surface area contributed by atoms with E-state index < -0.39 is 21.9 Å². The molecule has 0 saturated carbocycles. The van der Waals surface area contributed by atoms with E-state index in [2.05, 4.69) is 20.1 Å². The zero-order chi connectivity index (χ0) is 23.2. The summed E-state index contributed by atoms with van der Waals surface area (Å²) in [7, 11) is -2.39. The zero-order valence-electron chi connectivity index (χ0n) is 17.4. The fraction of sp³-hybridized carbons (Fsp3) is 0.250. The summed E-state index contributed by atoms with van der Waals surface area (Å²) < 4.78 is 35.4. The van der Waals surface area contributed by atoms with Crippen molar-refractivity contribution in [3.63, 3.8) is 0 Å². The third-order valence-electron chi connectivity index (χ3n) is 3.91. The van der Waals surface area contributed by atoms with E-state index in [0.29, 0.717) is 22.7 Å². The van der Waals surface area contributed by atoms with Crippen molar-refractivity contribution < 1.29 is 32.3 Å². The van der Waals surface area contributed by atoms with E-state index in [4.69, 9.17) is 4.74 Å². The molecule has 10 nitrogen and oxygen atoms in total. The van der Waals surface area contributed by atoms with Gasteiger partial charge in [0.05, 0.1) is 24.6 Å². The number of carbonyl (C=O) groups is 3. The van der Waals surface area contributed by atoms with Crippen molar-refractivity contribution in [3.8, 4) is 5.75 Å². The first-order valence-electron chi connectivity index (χ1n) is 8.99. The lowest BCUT2D eigenvalue weighted by Crippen LogP contribution is -2.19. The summed E-state index contributed by atoms with van der Waals surface area (Å²) in [6, 6.07) is 9.01. The van der Waals surface area contributed by atoms with Gasteiger partial charge in [-0.25, -0.2) is 13.2 Å². The number of aryl methyl sites for hydroxylation is 1. The van der Waals surface area contributed by atoms with Crippen molar-refractivity contribution in [2.45, 2.75) is 13.8 Å². The fourth-order valence-electron chi connectivity index (χ4n) is 2.56. The Balaban J connectivity index is 2.28. The number of rotatable bonds is 8. The molecule has 0 bridgehead atoms. The van der Waals surface area contributed by atoms with Gasteiger partial charge in [-0.2, -0.15) is 0 Å². The maximum absolute atomic E-state index is 12.9. The van der Waals surface area contributed by atoms with Gasteiger partial charge in [-0.05, 0) is 48.9 Å². The Kier molecular flexibility index (Phi) is 7.59. The lowest BCUT2D eigenvalue weighted by atomic mass is 10.1. The highest BCUT2D eigenvalue weighted by molar-refractivity contribution is 7.92. The number of anilines is 3. The summed E-state index contributed by atoms with van der Waals surface area (Å²) in [6.07, 6.45) is 0.966. The lowest BCUT2D eigenvalue weighted by molar-refractivity contribution is -0.142. The van der Waals surface area contributed by atoms with Crippen molar-refractivity contribution >= 4 is 44.9 Å². The Hall–Kier alpha value is -3.60. The molecule has 0 aromatic heterocycles. The number of ether oxygens (including phenoxy) is 2. The molecule has 11 heteroatoms. The van der Waals surface area contributed by atoms with Crippen molar-refractivity contribution in [1.29, 1.82) is 0 Å². The van der Waals surface area contributed by atoms with E-state index in [0.717, 1.165) is 6.26 Å². The smallest absolute Gasteiger partial charge is 0.343 e. The number of sulfonamides is 1. The first-order valence-corrected chi connectivity index (χ1v) is 10.9. The van der Waals surface area contributed by atoms with E-state index in [-0.39, 0.29) is 23.8 Å². The predicted octanol–water partition coefficient (Wildman–Crippen LogP) is 2.13.